The van der Waals surface area contributed by atoms with E-state index in [1.165, 1.54) is 11.3 Å². The predicted molar refractivity (Wildman–Crippen MR) is 98.6 cm³/mol. The first-order chi connectivity index (χ1) is 12.3. The van der Waals surface area contributed by atoms with Crippen LogP contribution in [0, 0.1) is 0 Å². The Kier molecular flexibility index (Phi) is 4.72. The fraction of sp³-hybridized carbons (Fsp3) is 0.316. The van der Waals surface area contributed by atoms with E-state index in [1.54, 1.807) is 17.5 Å². The summed E-state index contributed by atoms with van der Waals surface area (Å²) in [5, 5.41) is 2.06. The van der Waals surface area contributed by atoms with Crippen LogP contribution >= 0.6 is 11.3 Å². The molecular formula is C19H20N4OS. The van der Waals surface area contributed by atoms with E-state index >= 15 is 0 Å². The molecule has 0 aromatic carbocycles. The van der Waals surface area contributed by atoms with Gasteiger partial charge in [-0.1, -0.05) is 12.1 Å². The normalized spacial score (nSPS) is 14.3. The van der Waals surface area contributed by atoms with Crippen LogP contribution in [0.5, 0.6) is 5.88 Å². The molecule has 4 heterocycles. The summed E-state index contributed by atoms with van der Waals surface area (Å²) in [6.07, 6.45) is 4.71. The van der Waals surface area contributed by atoms with E-state index < -0.39 is 0 Å². The summed E-state index contributed by atoms with van der Waals surface area (Å²) in [5.41, 5.74) is 3.52. The number of rotatable bonds is 5. The second kappa shape index (κ2) is 7.29. The molecule has 0 saturated heterocycles. The fourth-order valence-corrected chi connectivity index (χ4v) is 3.75. The highest BCUT2D eigenvalue weighted by molar-refractivity contribution is 7.13. The van der Waals surface area contributed by atoms with Crippen LogP contribution in [0.25, 0.3) is 10.7 Å². The molecule has 0 aliphatic carbocycles. The standard InChI is InChI=1S/C19H20N4OS/c1-2-24-19-14(5-3-8-20-19)12-23-9-7-16-15(13-23)11-21-18(22-16)17-6-4-10-25-17/h3-6,8,10-11H,2,7,9,12-13H2,1H3. The van der Waals surface area contributed by atoms with Crippen LogP contribution in [-0.4, -0.2) is 33.0 Å². The van der Waals surface area contributed by atoms with Crippen molar-refractivity contribution in [2.75, 3.05) is 13.2 Å². The van der Waals surface area contributed by atoms with Crippen molar-refractivity contribution < 1.29 is 4.74 Å². The first kappa shape index (κ1) is 16.2. The van der Waals surface area contributed by atoms with Gasteiger partial charge in [0.15, 0.2) is 5.82 Å². The molecule has 5 nitrogen and oxygen atoms in total. The van der Waals surface area contributed by atoms with Crippen LogP contribution in [0.15, 0.2) is 42.0 Å². The first-order valence-corrected chi connectivity index (χ1v) is 9.39. The summed E-state index contributed by atoms with van der Waals surface area (Å²) in [6, 6.07) is 8.16. The van der Waals surface area contributed by atoms with Gasteiger partial charge in [-0.3, -0.25) is 4.90 Å². The molecule has 0 saturated carbocycles. The van der Waals surface area contributed by atoms with E-state index in [0.717, 1.165) is 48.2 Å². The van der Waals surface area contributed by atoms with Crippen LogP contribution < -0.4 is 4.74 Å². The third-order valence-electron chi connectivity index (χ3n) is 4.28. The van der Waals surface area contributed by atoms with E-state index in [0.29, 0.717) is 6.61 Å². The zero-order chi connectivity index (χ0) is 17.1. The molecule has 0 amide bonds. The molecule has 6 heteroatoms. The van der Waals surface area contributed by atoms with Gasteiger partial charge in [-0.15, -0.1) is 11.3 Å². The molecule has 1 aliphatic heterocycles. The average molecular weight is 352 g/mol. The van der Waals surface area contributed by atoms with E-state index in [9.17, 15) is 0 Å². The van der Waals surface area contributed by atoms with Gasteiger partial charge >= 0.3 is 0 Å². The Bertz CT molecular complexity index is 850. The van der Waals surface area contributed by atoms with Crippen molar-refractivity contribution in [3.8, 4) is 16.6 Å². The van der Waals surface area contributed by atoms with E-state index in [4.69, 9.17) is 9.72 Å². The van der Waals surface area contributed by atoms with Crippen LogP contribution in [0.1, 0.15) is 23.7 Å². The highest BCUT2D eigenvalue weighted by Gasteiger charge is 2.20. The molecule has 0 atom stereocenters. The maximum absolute atomic E-state index is 5.64. The molecule has 0 fully saturated rings. The van der Waals surface area contributed by atoms with Crippen LogP contribution in [-0.2, 0) is 19.5 Å². The van der Waals surface area contributed by atoms with E-state index in [1.807, 2.05) is 25.3 Å². The SMILES string of the molecule is CCOc1ncccc1CN1CCc2nc(-c3cccs3)ncc2C1. The monoisotopic (exact) mass is 352 g/mol. The zero-order valence-electron chi connectivity index (χ0n) is 14.2. The number of pyridine rings is 1. The quantitative estimate of drug-likeness (QED) is 0.703. The van der Waals surface area contributed by atoms with Crippen molar-refractivity contribution in [1.29, 1.82) is 0 Å². The summed E-state index contributed by atoms with van der Waals surface area (Å²) >= 11 is 1.68. The summed E-state index contributed by atoms with van der Waals surface area (Å²) in [5.74, 6) is 1.58. The summed E-state index contributed by atoms with van der Waals surface area (Å²) in [4.78, 5) is 17.2. The minimum atomic E-state index is 0.631. The molecule has 0 bridgehead atoms. The second-order valence-electron chi connectivity index (χ2n) is 6.00. The number of ether oxygens (including phenoxy) is 1. The van der Waals surface area contributed by atoms with Crippen molar-refractivity contribution >= 4 is 11.3 Å². The van der Waals surface area contributed by atoms with Crippen molar-refractivity contribution in [1.82, 2.24) is 19.9 Å². The van der Waals surface area contributed by atoms with Crippen molar-refractivity contribution in [2.24, 2.45) is 0 Å². The molecular weight excluding hydrogens is 332 g/mol. The van der Waals surface area contributed by atoms with Crippen LogP contribution in [0.4, 0.5) is 0 Å². The Hall–Kier alpha value is -2.31. The van der Waals surface area contributed by atoms with Crippen LogP contribution in [0.2, 0.25) is 0 Å². The van der Waals surface area contributed by atoms with Crippen molar-refractivity contribution in [3.05, 3.63) is 58.9 Å². The molecule has 0 radical (unpaired) electrons. The molecule has 4 rings (SSSR count). The van der Waals surface area contributed by atoms with Gasteiger partial charge in [0.25, 0.3) is 0 Å². The lowest BCUT2D eigenvalue weighted by Gasteiger charge is -2.28. The van der Waals surface area contributed by atoms with Gasteiger partial charge in [0.1, 0.15) is 0 Å². The van der Waals surface area contributed by atoms with Crippen molar-refractivity contribution in [2.45, 2.75) is 26.4 Å². The smallest absolute Gasteiger partial charge is 0.217 e. The van der Waals surface area contributed by atoms with E-state index in [-0.39, 0.29) is 0 Å². The summed E-state index contributed by atoms with van der Waals surface area (Å²) in [6.45, 7) is 5.29. The predicted octanol–water partition coefficient (Wildman–Crippen LogP) is 3.56. The van der Waals surface area contributed by atoms with Gasteiger partial charge in [0.2, 0.25) is 5.88 Å². The first-order valence-electron chi connectivity index (χ1n) is 8.51. The van der Waals surface area contributed by atoms with Crippen molar-refractivity contribution in [3.63, 3.8) is 0 Å². The van der Waals surface area contributed by atoms with Gasteiger partial charge in [-0.2, -0.15) is 0 Å². The number of aromatic nitrogens is 3. The number of hydrogen-bond acceptors (Lipinski definition) is 6. The highest BCUT2D eigenvalue weighted by atomic mass is 32.1. The number of nitrogens with zero attached hydrogens (tertiary/aromatic N) is 4. The number of fused-ring (bicyclic) bond motifs is 1. The molecule has 0 unspecified atom stereocenters. The van der Waals surface area contributed by atoms with Gasteiger partial charge in [-0.05, 0) is 24.4 Å². The minimum Gasteiger partial charge on any atom is -0.478 e. The summed E-state index contributed by atoms with van der Waals surface area (Å²) < 4.78 is 5.64. The largest absolute Gasteiger partial charge is 0.478 e. The van der Waals surface area contributed by atoms with Gasteiger partial charge in [0.05, 0.1) is 17.2 Å². The highest BCUT2D eigenvalue weighted by Crippen LogP contribution is 2.25. The molecule has 128 valence electrons. The lowest BCUT2D eigenvalue weighted by Crippen LogP contribution is -2.31. The van der Waals surface area contributed by atoms with E-state index in [2.05, 4.69) is 32.4 Å². The maximum Gasteiger partial charge on any atom is 0.217 e. The third kappa shape index (κ3) is 3.55. The lowest BCUT2D eigenvalue weighted by atomic mass is 10.1. The Morgan fingerprint density at radius 2 is 2.20 bits per heavy atom. The van der Waals surface area contributed by atoms with Gasteiger partial charge in [0, 0.05) is 49.6 Å². The summed E-state index contributed by atoms with van der Waals surface area (Å²) in [7, 11) is 0. The van der Waals surface area contributed by atoms with Gasteiger partial charge < -0.3 is 4.74 Å². The topological polar surface area (TPSA) is 51.1 Å². The lowest BCUT2D eigenvalue weighted by molar-refractivity contribution is 0.235. The maximum atomic E-state index is 5.64. The Morgan fingerprint density at radius 3 is 3.04 bits per heavy atom. The van der Waals surface area contributed by atoms with Gasteiger partial charge in [-0.25, -0.2) is 15.0 Å². The molecule has 1 aliphatic rings. The average Bonchev–Trinajstić information content (AvgIpc) is 3.18. The number of thiophene rings is 1. The molecule has 3 aromatic heterocycles. The Balaban J connectivity index is 1.50. The number of hydrogen-bond donors (Lipinski definition) is 0. The third-order valence-corrected chi connectivity index (χ3v) is 5.15. The molecule has 25 heavy (non-hydrogen) atoms. The molecule has 0 spiro atoms. The fourth-order valence-electron chi connectivity index (χ4n) is 3.09. The Labute approximate surface area is 151 Å². The molecule has 3 aromatic rings. The second-order valence-corrected chi connectivity index (χ2v) is 6.95. The Morgan fingerprint density at radius 1 is 1.24 bits per heavy atom. The molecule has 0 N–H and O–H groups in total. The zero-order valence-corrected chi connectivity index (χ0v) is 15.0. The van der Waals surface area contributed by atoms with Crippen LogP contribution in [0.3, 0.4) is 0 Å². The minimum absolute atomic E-state index is 0.631.